The number of rotatable bonds is 7. The first-order valence-electron chi connectivity index (χ1n) is 9.24. The van der Waals surface area contributed by atoms with Gasteiger partial charge in [-0.1, -0.05) is 24.3 Å². The fraction of sp³-hybridized carbons (Fsp3) is 0.182. The highest BCUT2D eigenvalue weighted by Crippen LogP contribution is 2.48. The van der Waals surface area contributed by atoms with Crippen LogP contribution in [0.4, 0.5) is 11.4 Å². The summed E-state index contributed by atoms with van der Waals surface area (Å²) in [5.74, 6) is 1.60. The van der Waals surface area contributed by atoms with Crippen LogP contribution in [0.15, 0.2) is 77.7 Å². The van der Waals surface area contributed by atoms with E-state index in [-0.39, 0.29) is 4.90 Å². The molecule has 4 rings (SSSR count). The fourth-order valence-electron chi connectivity index (χ4n) is 3.14. The standard InChI is InChI=1S/C22H21NO5S/c1-26-15-6-16-27-17-11-13-18(14-12-17)29(24,25)23-19-7-2-4-9-21(19)28-22-10-5-3-8-20(22)23/h2-5,7-14H,6,15-16H2,1H3. The third-order valence-electron chi connectivity index (χ3n) is 4.51. The first kappa shape index (κ1) is 19.3. The molecule has 0 unspecified atom stereocenters. The lowest BCUT2D eigenvalue weighted by Gasteiger charge is -2.31. The van der Waals surface area contributed by atoms with Crippen molar-refractivity contribution in [2.45, 2.75) is 11.3 Å². The summed E-state index contributed by atoms with van der Waals surface area (Å²) >= 11 is 0. The van der Waals surface area contributed by atoms with Gasteiger partial charge in [0.2, 0.25) is 0 Å². The van der Waals surface area contributed by atoms with Crippen molar-refractivity contribution in [3.63, 3.8) is 0 Å². The Morgan fingerprint density at radius 1 is 0.828 bits per heavy atom. The van der Waals surface area contributed by atoms with Crippen molar-refractivity contribution in [3.05, 3.63) is 72.8 Å². The number of methoxy groups -OCH3 is 1. The Bertz CT molecular complexity index is 1050. The van der Waals surface area contributed by atoms with Crippen LogP contribution in [-0.4, -0.2) is 28.7 Å². The van der Waals surface area contributed by atoms with E-state index in [1.54, 1.807) is 67.8 Å². The van der Waals surface area contributed by atoms with Crippen LogP contribution in [0.3, 0.4) is 0 Å². The summed E-state index contributed by atoms with van der Waals surface area (Å²) in [7, 11) is -2.22. The van der Waals surface area contributed by atoms with Gasteiger partial charge in [-0.15, -0.1) is 0 Å². The van der Waals surface area contributed by atoms with E-state index in [9.17, 15) is 8.42 Å². The van der Waals surface area contributed by atoms with Crippen LogP contribution in [0.25, 0.3) is 0 Å². The average Bonchev–Trinajstić information content (AvgIpc) is 2.75. The van der Waals surface area contributed by atoms with Gasteiger partial charge in [0.1, 0.15) is 17.1 Å². The molecule has 0 spiro atoms. The molecule has 0 saturated heterocycles. The number of hydrogen-bond donors (Lipinski definition) is 0. The van der Waals surface area contributed by atoms with Crippen LogP contribution >= 0.6 is 0 Å². The molecule has 0 saturated carbocycles. The fourth-order valence-corrected chi connectivity index (χ4v) is 4.65. The maximum absolute atomic E-state index is 13.5. The summed E-state index contributed by atoms with van der Waals surface area (Å²) in [5.41, 5.74) is 0.956. The monoisotopic (exact) mass is 411 g/mol. The second-order valence-corrected chi connectivity index (χ2v) is 8.26. The molecule has 0 atom stereocenters. The molecule has 0 aliphatic carbocycles. The summed E-state index contributed by atoms with van der Waals surface area (Å²) < 4.78 is 44.9. The highest BCUT2D eigenvalue weighted by molar-refractivity contribution is 7.93. The highest BCUT2D eigenvalue weighted by Gasteiger charge is 2.34. The third kappa shape index (κ3) is 3.79. The van der Waals surface area contributed by atoms with Gasteiger partial charge in [0.05, 0.1) is 11.5 Å². The van der Waals surface area contributed by atoms with Crippen LogP contribution in [0.2, 0.25) is 0 Å². The lowest BCUT2D eigenvalue weighted by molar-refractivity contribution is 0.172. The summed E-state index contributed by atoms with van der Waals surface area (Å²) in [5, 5.41) is 0. The Balaban J connectivity index is 1.67. The van der Waals surface area contributed by atoms with Crippen LogP contribution in [-0.2, 0) is 14.8 Å². The largest absolute Gasteiger partial charge is 0.494 e. The second kappa shape index (κ2) is 8.14. The maximum atomic E-state index is 13.5. The molecule has 7 heteroatoms. The van der Waals surface area contributed by atoms with Gasteiger partial charge in [-0.3, -0.25) is 0 Å². The van der Waals surface area contributed by atoms with Gasteiger partial charge in [0, 0.05) is 20.1 Å². The SMILES string of the molecule is COCCCOc1ccc(S(=O)(=O)N2c3ccccc3Oc3ccccc32)cc1. The van der Waals surface area contributed by atoms with Gasteiger partial charge in [0.25, 0.3) is 10.0 Å². The molecule has 1 heterocycles. The van der Waals surface area contributed by atoms with Crippen LogP contribution in [0.1, 0.15) is 6.42 Å². The zero-order valence-electron chi connectivity index (χ0n) is 15.9. The van der Waals surface area contributed by atoms with Gasteiger partial charge in [0.15, 0.2) is 11.5 Å². The lowest BCUT2D eigenvalue weighted by atomic mass is 10.2. The molecule has 0 N–H and O–H groups in total. The van der Waals surface area contributed by atoms with Crippen molar-refractivity contribution in [1.29, 1.82) is 0 Å². The van der Waals surface area contributed by atoms with E-state index >= 15 is 0 Å². The molecule has 0 bridgehead atoms. The maximum Gasteiger partial charge on any atom is 0.268 e. The Morgan fingerprint density at radius 2 is 1.41 bits per heavy atom. The van der Waals surface area contributed by atoms with E-state index in [4.69, 9.17) is 14.2 Å². The Labute approximate surface area is 170 Å². The number of sulfonamides is 1. The number of ether oxygens (including phenoxy) is 3. The Morgan fingerprint density at radius 3 is 2.00 bits per heavy atom. The minimum Gasteiger partial charge on any atom is -0.494 e. The van der Waals surface area contributed by atoms with E-state index in [1.165, 1.54) is 4.31 Å². The third-order valence-corrected chi connectivity index (χ3v) is 6.25. The van der Waals surface area contributed by atoms with Crippen molar-refractivity contribution < 1.29 is 22.6 Å². The topological polar surface area (TPSA) is 65.1 Å². The molecular weight excluding hydrogens is 390 g/mol. The Kier molecular flexibility index (Phi) is 5.42. The number of benzene rings is 3. The predicted molar refractivity (Wildman–Crippen MR) is 111 cm³/mol. The van der Waals surface area contributed by atoms with E-state index in [1.807, 2.05) is 12.1 Å². The number of para-hydroxylation sites is 4. The number of fused-ring (bicyclic) bond motifs is 2. The van der Waals surface area contributed by atoms with E-state index in [0.29, 0.717) is 41.8 Å². The van der Waals surface area contributed by atoms with Gasteiger partial charge in [-0.2, -0.15) is 0 Å². The van der Waals surface area contributed by atoms with Crippen molar-refractivity contribution in [2.24, 2.45) is 0 Å². The summed E-state index contributed by atoms with van der Waals surface area (Å²) in [6, 6.07) is 20.6. The summed E-state index contributed by atoms with van der Waals surface area (Å²) in [6.07, 6.45) is 0.762. The summed E-state index contributed by atoms with van der Waals surface area (Å²) in [6.45, 7) is 1.12. The molecule has 3 aromatic carbocycles. The van der Waals surface area contributed by atoms with Crippen molar-refractivity contribution in [1.82, 2.24) is 0 Å². The molecule has 1 aliphatic rings. The van der Waals surface area contributed by atoms with Gasteiger partial charge >= 0.3 is 0 Å². The van der Waals surface area contributed by atoms with E-state index in [2.05, 4.69) is 0 Å². The predicted octanol–water partition coefficient (Wildman–Crippen LogP) is 4.73. The molecule has 0 amide bonds. The molecule has 3 aromatic rings. The van der Waals surface area contributed by atoms with Gasteiger partial charge in [-0.05, 0) is 48.5 Å². The Hall–Kier alpha value is -3.03. The van der Waals surface area contributed by atoms with E-state index < -0.39 is 10.0 Å². The van der Waals surface area contributed by atoms with E-state index in [0.717, 1.165) is 6.42 Å². The van der Waals surface area contributed by atoms with Crippen LogP contribution in [0, 0.1) is 0 Å². The highest BCUT2D eigenvalue weighted by atomic mass is 32.2. The number of nitrogens with zero attached hydrogens (tertiary/aromatic N) is 1. The van der Waals surface area contributed by atoms with Gasteiger partial charge < -0.3 is 14.2 Å². The molecule has 29 heavy (non-hydrogen) atoms. The van der Waals surface area contributed by atoms with Crippen LogP contribution < -0.4 is 13.8 Å². The smallest absolute Gasteiger partial charge is 0.268 e. The zero-order valence-corrected chi connectivity index (χ0v) is 16.8. The molecule has 1 aliphatic heterocycles. The van der Waals surface area contributed by atoms with Crippen molar-refractivity contribution in [3.8, 4) is 17.2 Å². The minimum atomic E-state index is -3.86. The molecule has 6 nitrogen and oxygen atoms in total. The lowest BCUT2D eigenvalue weighted by Crippen LogP contribution is -2.28. The van der Waals surface area contributed by atoms with Gasteiger partial charge in [-0.25, -0.2) is 12.7 Å². The molecule has 0 radical (unpaired) electrons. The molecule has 0 fully saturated rings. The second-order valence-electron chi connectivity index (χ2n) is 6.47. The quantitative estimate of drug-likeness (QED) is 0.526. The van der Waals surface area contributed by atoms with Crippen molar-refractivity contribution in [2.75, 3.05) is 24.6 Å². The first-order valence-corrected chi connectivity index (χ1v) is 10.7. The number of hydrogen-bond acceptors (Lipinski definition) is 5. The normalized spacial score (nSPS) is 12.7. The zero-order chi connectivity index (χ0) is 20.3. The minimum absolute atomic E-state index is 0.174. The first-order chi connectivity index (χ1) is 14.1. The molecular formula is C22H21NO5S. The molecule has 150 valence electrons. The number of anilines is 2. The summed E-state index contributed by atoms with van der Waals surface area (Å²) in [4.78, 5) is 0.174. The van der Waals surface area contributed by atoms with Crippen LogP contribution in [0.5, 0.6) is 17.2 Å². The average molecular weight is 411 g/mol. The van der Waals surface area contributed by atoms with Crippen molar-refractivity contribution >= 4 is 21.4 Å². The molecule has 0 aromatic heterocycles.